The number of rotatable bonds is 6. The standard InChI is InChI=1S/C18H19N7/c1-11(2)12-6-18(25-22-10-12)24-17-4-3-15-16(23-17)5-13(9-21-15)14(7-19)8-20/h3-11,14,19-20H,1-2H3,(H,23,24,25). The fraction of sp³-hybridized carbons (Fsp3) is 0.222. The molecule has 0 aliphatic carbocycles. The number of pyridine rings is 2. The molecule has 0 aliphatic rings. The third-order valence-electron chi connectivity index (χ3n) is 3.90. The Hall–Kier alpha value is -3.22. The molecule has 0 saturated heterocycles. The number of hydrogen-bond donors (Lipinski definition) is 3. The lowest BCUT2D eigenvalue weighted by Gasteiger charge is -2.10. The molecule has 0 atom stereocenters. The highest BCUT2D eigenvalue weighted by molar-refractivity contribution is 5.89. The third-order valence-corrected chi connectivity index (χ3v) is 3.90. The summed E-state index contributed by atoms with van der Waals surface area (Å²) in [6.07, 6.45) is 5.86. The van der Waals surface area contributed by atoms with Gasteiger partial charge >= 0.3 is 0 Å². The second-order valence-electron chi connectivity index (χ2n) is 6.02. The Bertz CT molecular complexity index is 912. The van der Waals surface area contributed by atoms with Crippen molar-refractivity contribution >= 4 is 35.1 Å². The Morgan fingerprint density at radius 3 is 2.48 bits per heavy atom. The molecule has 7 nitrogen and oxygen atoms in total. The molecule has 0 spiro atoms. The first-order valence-corrected chi connectivity index (χ1v) is 7.98. The predicted octanol–water partition coefficient (Wildman–Crippen LogP) is 3.67. The highest BCUT2D eigenvalue weighted by atomic mass is 15.2. The van der Waals surface area contributed by atoms with Crippen LogP contribution in [0.5, 0.6) is 0 Å². The molecular formula is C18H19N7. The minimum absolute atomic E-state index is 0.367. The van der Waals surface area contributed by atoms with E-state index in [2.05, 4.69) is 39.3 Å². The van der Waals surface area contributed by atoms with Gasteiger partial charge in [0, 0.05) is 18.6 Å². The van der Waals surface area contributed by atoms with Gasteiger partial charge in [-0.25, -0.2) is 4.98 Å². The number of hydrogen-bond acceptors (Lipinski definition) is 7. The third kappa shape index (κ3) is 3.65. The molecule has 3 aromatic rings. The number of aromatic nitrogens is 4. The molecule has 25 heavy (non-hydrogen) atoms. The molecule has 3 rings (SSSR count). The topological polar surface area (TPSA) is 111 Å². The first-order valence-electron chi connectivity index (χ1n) is 7.98. The van der Waals surface area contributed by atoms with E-state index in [1.807, 2.05) is 24.3 Å². The Morgan fingerprint density at radius 2 is 1.76 bits per heavy atom. The van der Waals surface area contributed by atoms with Gasteiger partial charge in [-0.1, -0.05) is 13.8 Å². The lowest BCUT2D eigenvalue weighted by Crippen LogP contribution is -2.03. The van der Waals surface area contributed by atoms with E-state index in [-0.39, 0.29) is 5.92 Å². The first-order chi connectivity index (χ1) is 12.1. The van der Waals surface area contributed by atoms with Gasteiger partial charge in [-0.3, -0.25) is 4.98 Å². The Labute approximate surface area is 145 Å². The summed E-state index contributed by atoms with van der Waals surface area (Å²) in [6, 6.07) is 7.52. The van der Waals surface area contributed by atoms with Gasteiger partial charge in [-0.2, -0.15) is 5.10 Å². The average molecular weight is 333 g/mol. The van der Waals surface area contributed by atoms with Crippen LogP contribution < -0.4 is 5.32 Å². The molecular weight excluding hydrogens is 314 g/mol. The zero-order valence-corrected chi connectivity index (χ0v) is 14.1. The van der Waals surface area contributed by atoms with Crippen LogP contribution in [0.2, 0.25) is 0 Å². The van der Waals surface area contributed by atoms with Gasteiger partial charge in [-0.05, 0) is 41.3 Å². The van der Waals surface area contributed by atoms with E-state index >= 15 is 0 Å². The maximum absolute atomic E-state index is 7.40. The van der Waals surface area contributed by atoms with Crippen LogP contribution in [0.25, 0.3) is 11.0 Å². The smallest absolute Gasteiger partial charge is 0.154 e. The van der Waals surface area contributed by atoms with Crippen LogP contribution in [0.15, 0.2) is 36.7 Å². The summed E-state index contributed by atoms with van der Waals surface area (Å²) >= 11 is 0. The molecule has 7 heteroatoms. The van der Waals surface area contributed by atoms with Crippen LogP contribution in [0.4, 0.5) is 11.6 Å². The molecule has 3 aromatic heterocycles. The Morgan fingerprint density at radius 1 is 0.960 bits per heavy atom. The van der Waals surface area contributed by atoms with Crippen LogP contribution in [0, 0.1) is 10.8 Å². The normalized spacial score (nSPS) is 12.1. The van der Waals surface area contributed by atoms with Crippen LogP contribution in [-0.2, 0) is 0 Å². The minimum atomic E-state index is -0.385. The summed E-state index contributed by atoms with van der Waals surface area (Å²) in [5, 5.41) is 26.1. The van der Waals surface area contributed by atoms with Gasteiger partial charge in [0.25, 0.3) is 0 Å². The first kappa shape index (κ1) is 16.6. The molecule has 0 aliphatic heterocycles. The second-order valence-corrected chi connectivity index (χ2v) is 6.02. The lowest BCUT2D eigenvalue weighted by atomic mass is 10.0. The van der Waals surface area contributed by atoms with E-state index in [4.69, 9.17) is 10.8 Å². The maximum Gasteiger partial charge on any atom is 0.154 e. The van der Waals surface area contributed by atoms with Crippen molar-refractivity contribution in [3.8, 4) is 0 Å². The van der Waals surface area contributed by atoms with Gasteiger partial charge in [-0.15, -0.1) is 5.10 Å². The van der Waals surface area contributed by atoms with Crippen LogP contribution in [-0.4, -0.2) is 32.6 Å². The van der Waals surface area contributed by atoms with E-state index in [9.17, 15) is 0 Å². The molecule has 0 amide bonds. The highest BCUT2D eigenvalue weighted by Gasteiger charge is 2.09. The van der Waals surface area contributed by atoms with E-state index in [0.717, 1.165) is 16.6 Å². The predicted molar refractivity (Wildman–Crippen MR) is 99.3 cm³/mol. The molecule has 126 valence electrons. The summed E-state index contributed by atoms with van der Waals surface area (Å²) in [5.74, 6) is 1.26. The summed E-state index contributed by atoms with van der Waals surface area (Å²) in [6.45, 7) is 4.21. The van der Waals surface area contributed by atoms with E-state index in [0.29, 0.717) is 23.1 Å². The van der Waals surface area contributed by atoms with Crippen LogP contribution in [0.1, 0.15) is 36.8 Å². The summed E-state index contributed by atoms with van der Waals surface area (Å²) in [5.41, 5.74) is 3.32. The van der Waals surface area contributed by atoms with Crippen molar-refractivity contribution in [2.45, 2.75) is 25.7 Å². The van der Waals surface area contributed by atoms with Crippen molar-refractivity contribution in [2.75, 3.05) is 5.32 Å². The minimum Gasteiger partial charge on any atom is -0.323 e. The molecule has 0 fully saturated rings. The van der Waals surface area contributed by atoms with Crippen molar-refractivity contribution in [1.82, 2.24) is 20.2 Å². The second kappa shape index (κ2) is 7.12. The maximum atomic E-state index is 7.40. The molecule has 0 aromatic carbocycles. The zero-order chi connectivity index (χ0) is 17.8. The van der Waals surface area contributed by atoms with Crippen LogP contribution in [0.3, 0.4) is 0 Å². The van der Waals surface area contributed by atoms with Crippen LogP contribution >= 0.6 is 0 Å². The fourth-order valence-electron chi connectivity index (χ4n) is 2.40. The van der Waals surface area contributed by atoms with Crippen molar-refractivity contribution in [1.29, 1.82) is 10.8 Å². The largest absolute Gasteiger partial charge is 0.323 e. The molecule has 0 unspecified atom stereocenters. The summed E-state index contributed by atoms with van der Waals surface area (Å²) < 4.78 is 0. The SMILES string of the molecule is CC(C)c1cnnc(Nc2ccc3ncc(C(C=N)C=N)cc3n2)c1. The molecule has 0 radical (unpaired) electrons. The van der Waals surface area contributed by atoms with E-state index in [1.165, 1.54) is 12.4 Å². The highest BCUT2D eigenvalue weighted by Crippen LogP contribution is 2.21. The number of nitrogens with zero attached hydrogens (tertiary/aromatic N) is 4. The average Bonchev–Trinajstić information content (AvgIpc) is 2.62. The molecule has 3 N–H and O–H groups in total. The Kier molecular flexibility index (Phi) is 4.74. The molecule has 0 bridgehead atoms. The van der Waals surface area contributed by atoms with Gasteiger partial charge in [0.05, 0.1) is 23.1 Å². The lowest BCUT2D eigenvalue weighted by molar-refractivity contribution is 0.843. The zero-order valence-electron chi connectivity index (χ0n) is 14.1. The Balaban J connectivity index is 1.93. The molecule has 0 saturated carbocycles. The van der Waals surface area contributed by atoms with Crippen molar-refractivity contribution in [2.24, 2.45) is 0 Å². The number of fused-ring (bicyclic) bond motifs is 1. The van der Waals surface area contributed by atoms with Gasteiger partial charge < -0.3 is 16.1 Å². The molecule has 3 heterocycles. The summed E-state index contributed by atoms with van der Waals surface area (Å²) in [4.78, 5) is 8.92. The number of anilines is 2. The van der Waals surface area contributed by atoms with E-state index in [1.54, 1.807) is 12.4 Å². The van der Waals surface area contributed by atoms with Crippen molar-refractivity contribution in [3.63, 3.8) is 0 Å². The van der Waals surface area contributed by atoms with Gasteiger partial charge in [0.15, 0.2) is 5.82 Å². The quantitative estimate of drug-likeness (QED) is 0.596. The van der Waals surface area contributed by atoms with Gasteiger partial charge in [0.2, 0.25) is 0 Å². The van der Waals surface area contributed by atoms with Crippen molar-refractivity contribution < 1.29 is 0 Å². The number of nitrogens with one attached hydrogen (secondary N) is 3. The monoisotopic (exact) mass is 333 g/mol. The van der Waals surface area contributed by atoms with Crippen molar-refractivity contribution in [3.05, 3.63) is 47.8 Å². The van der Waals surface area contributed by atoms with E-state index < -0.39 is 0 Å². The fourth-order valence-corrected chi connectivity index (χ4v) is 2.40. The van der Waals surface area contributed by atoms with Gasteiger partial charge in [0.1, 0.15) is 5.82 Å². The summed E-state index contributed by atoms with van der Waals surface area (Å²) in [7, 11) is 0.